The third kappa shape index (κ3) is 2.07. The summed E-state index contributed by atoms with van der Waals surface area (Å²) >= 11 is 0. The lowest BCUT2D eigenvalue weighted by atomic mass is 10.1. The zero-order valence-electron chi connectivity index (χ0n) is 7.05. The average molecular weight is 153 g/mol. The minimum atomic E-state index is 0.852. The zero-order chi connectivity index (χ0) is 8.10. The van der Waals surface area contributed by atoms with E-state index in [4.69, 9.17) is 0 Å². The Labute approximate surface area is 67.9 Å². The van der Waals surface area contributed by atoms with Crippen LogP contribution in [-0.2, 0) is 4.79 Å². The van der Waals surface area contributed by atoms with Gasteiger partial charge in [-0.05, 0) is 26.2 Å². The second kappa shape index (κ2) is 4.16. The van der Waals surface area contributed by atoms with E-state index in [2.05, 4.69) is 4.90 Å². The molecular formula is C9H15NO. The normalized spacial score (nSPS) is 20.1. The van der Waals surface area contributed by atoms with E-state index < -0.39 is 0 Å². The van der Waals surface area contributed by atoms with Gasteiger partial charge in [0.1, 0.15) is 0 Å². The molecule has 1 aliphatic rings. The average Bonchev–Trinajstić information content (AvgIpc) is 2.09. The number of aldehydes is 1. The maximum atomic E-state index is 10.5. The summed E-state index contributed by atoms with van der Waals surface area (Å²) in [4.78, 5) is 12.7. The van der Waals surface area contributed by atoms with Gasteiger partial charge in [-0.3, -0.25) is 4.79 Å². The van der Waals surface area contributed by atoms with E-state index in [1.54, 1.807) is 0 Å². The zero-order valence-corrected chi connectivity index (χ0v) is 7.05. The standard InChI is InChI=1S/C9H15NO/c1-2-9(8-11)10-6-4-3-5-7-10/h2,8H,3-7H2,1H3/b9-2-. The Hall–Kier alpha value is -0.790. The summed E-state index contributed by atoms with van der Waals surface area (Å²) in [7, 11) is 0. The predicted octanol–water partition coefficient (Wildman–Crippen LogP) is 1.58. The smallest absolute Gasteiger partial charge is 0.165 e. The molecule has 0 saturated carbocycles. The molecule has 2 heteroatoms. The number of likely N-dealkylation sites (tertiary alicyclic amines) is 1. The van der Waals surface area contributed by atoms with Crippen LogP contribution in [0.5, 0.6) is 0 Å². The van der Waals surface area contributed by atoms with E-state index in [-0.39, 0.29) is 0 Å². The maximum Gasteiger partial charge on any atom is 0.165 e. The van der Waals surface area contributed by atoms with Crippen LogP contribution in [0.3, 0.4) is 0 Å². The third-order valence-corrected chi connectivity index (χ3v) is 2.14. The van der Waals surface area contributed by atoms with Gasteiger partial charge in [0, 0.05) is 13.1 Å². The molecule has 62 valence electrons. The molecule has 0 spiro atoms. The Bertz CT molecular complexity index is 157. The van der Waals surface area contributed by atoms with E-state index in [1.165, 1.54) is 19.3 Å². The number of nitrogens with zero attached hydrogens (tertiary/aromatic N) is 1. The molecule has 11 heavy (non-hydrogen) atoms. The molecule has 0 bridgehead atoms. The van der Waals surface area contributed by atoms with Crippen LogP contribution in [0.1, 0.15) is 26.2 Å². The molecule has 1 saturated heterocycles. The summed E-state index contributed by atoms with van der Waals surface area (Å²) in [6.07, 6.45) is 6.60. The van der Waals surface area contributed by atoms with Gasteiger partial charge >= 0.3 is 0 Å². The lowest BCUT2D eigenvalue weighted by Crippen LogP contribution is -2.29. The van der Waals surface area contributed by atoms with Crippen molar-refractivity contribution in [1.29, 1.82) is 0 Å². The molecule has 0 aromatic rings. The fourth-order valence-corrected chi connectivity index (χ4v) is 1.48. The largest absolute Gasteiger partial charge is 0.369 e. The predicted molar refractivity (Wildman–Crippen MR) is 45.2 cm³/mol. The van der Waals surface area contributed by atoms with Gasteiger partial charge in [0.05, 0.1) is 5.70 Å². The van der Waals surface area contributed by atoms with Crippen molar-refractivity contribution >= 4 is 6.29 Å². The number of rotatable bonds is 2. The highest BCUT2D eigenvalue weighted by atomic mass is 16.1. The summed E-state index contributed by atoms with van der Waals surface area (Å²) in [6.45, 7) is 4.02. The topological polar surface area (TPSA) is 20.3 Å². The van der Waals surface area contributed by atoms with Gasteiger partial charge in [-0.2, -0.15) is 0 Å². The Balaban J connectivity index is 2.49. The van der Waals surface area contributed by atoms with Crippen molar-refractivity contribution in [3.05, 3.63) is 11.8 Å². The molecule has 1 fully saturated rings. The molecule has 0 radical (unpaired) electrons. The number of allylic oxidation sites excluding steroid dienone is 2. The Morgan fingerprint density at radius 2 is 1.91 bits per heavy atom. The second-order valence-electron chi connectivity index (χ2n) is 2.88. The van der Waals surface area contributed by atoms with E-state index in [1.807, 2.05) is 13.0 Å². The first kappa shape index (κ1) is 8.31. The van der Waals surface area contributed by atoms with Crippen LogP contribution in [-0.4, -0.2) is 24.3 Å². The number of hydrogen-bond acceptors (Lipinski definition) is 2. The molecule has 2 nitrogen and oxygen atoms in total. The molecule has 0 unspecified atom stereocenters. The van der Waals surface area contributed by atoms with Crippen molar-refractivity contribution in [3.63, 3.8) is 0 Å². The summed E-state index contributed by atoms with van der Waals surface area (Å²) in [6, 6.07) is 0. The van der Waals surface area contributed by atoms with Crippen molar-refractivity contribution in [3.8, 4) is 0 Å². The summed E-state index contributed by atoms with van der Waals surface area (Å²) in [5.74, 6) is 0. The van der Waals surface area contributed by atoms with E-state index in [0.29, 0.717) is 0 Å². The third-order valence-electron chi connectivity index (χ3n) is 2.14. The first-order valence-electron chi connectivity index (χ1n) is 4.25. The molecule has 1 heterocycles. The minimum absolute atomic E-state index is 0.852. The first-order valence-corrected chi connectivity index (χ1v) is 4.25. The van der Waals surface area contributed by atoms with Gasteiger partial charge in [0.25, 0.3) is 0 Å². The van der Waals surface area contributed by atoms with Crippen molar-refractivity contribution in [2.24, 2.45) is 0 Å². The van der Waals surface area contributed by atoms with Gasteiger partial charge in [-0.25, -0.2) is 0 Å². The lowest BCUT2D eigenvalue weighted by molar-refractivity contribution is -0.106. The molecular weight excluding hydrogens is 138 g/mol. The Kier molecular flexibility index (Phi) is 3.14. The quantitative estimate of drug-likeness (QED) is 0.443. The maximum absolute atomic E-state index is 10.5. The molecule has 1 rings (SSSR count). The van der Waals surface area contributed by atoms with Gasteiger partial charge in [0.15, 0.2) is 6.29 Å². The molecule has 0 aromatic heterocycles. The van der Waals surface area contributed by atoms with Crippen LogP contribution >= 0.6 is 0 Å². The summed E-state index contributed by atoms with van der Waals surface area (Å²) < 4.78 is 0. The van der Waals surface area contributed by atoms with Crippen LogP contribution in [0.25, 0.3) is 0 Å². The number of carbonyl (C=O) groups is 1. The van der Waals surface area contributed by atoms with Crippen LogP contribution in [0.2, 0.25) is 0 Å². The molecule has 0 atom stereocenters. The van der Waals surface area contributed by atoms with Crippen LogP contribution in [0, 0.1) is 0 Å². The molecule has 1 aliphatic heterocycles. The Morgan fingerprint density at radius 1 is 1.27 bits per heavy atom. The minimum Gasteiger partial charge on any atom is -0.369 e. The highest BCUT2D eigenvalue weighted by molar-refractivity contribution is 5.72. The fraction of sp³-hybridized carbons (Fsp3) is 0.667. The fourth-order valence-electron chi connectivity index (χ4n) is 1.48. The lowest BCUT2D eigenvalue weighted by Gasteiger charge is -2.28. The van der Waals surface area contributed by atoms with Crippen LogP contribution < -0.4 is 0 Å². The SMILES string of the molecule is C/C=C(/C=O)N1CCCCC1. The molecule has 0 amide bonds. The number of carbonyl (C=O) groups excluding carboxylic acids is 1. The van der Waals surface area contributed by atoms with Crippen molar-refractivity contribution in [2.75, 3.05) is 13.1 Å². The van der Waals surface area contributed by atoms with Gasteiger partial charge in [-0.15, -0.1) is 0 Å². The highest BCUT2D eigenvalue weighted by Gasteiger charge is 2.10. The number of piperidine rings is 1. The van der Waals surface area contributed by atoms with E-state index in [9.17, 15) is 4.79 Å². The van der Waals surface area contributed by atoms with E-state index in [0.717, 1.165) is 25.1 Å². The monoisotopic (exact) mass is 153 g/mol. The number of hydrogen-bond donors (Lipinski definition) is 0. The van der Waals surface area contributed by atoms with Crippen LogP contribution in [0.4, 0.5) is 0 Å². The summed E-state index contributed by atoms with van der Waals surface area (Å²) in [5.41, 5.74) is 0.852. The van der Waals surface area contributed by atoms with Crippen molar-refractivity contribution in [1.82, 2.24) is 4.90 Å². The van der Waals surface area contributed by atoms with Gasteiger partial charge in [-0.1, -0.05) is 6.08 Å². The first-order chi connectivity index (χ1) is 5.38. The summed E-state index contributed by atoms with van der Waals surface area (Å²) in [5, 5.41) is 0. The van der Waals surface area contributed by atoms with Crippen LogP contribution in [0.15, 0.2) is 11.8 Å². The van der Waals surface area contributed by atoms with Crippen molar-refractivity contribution in [2.45, 2.75) is 26.2 Å². The van der Waals surface area contributed by atoms with E-state index >= 15 is 0 Å². The highest BCUT2D eigenvalue weighted by Crippen LogP contribution is 2.12. The van der Waals surface area contributed by atoms with Gasteiger partial charge < -0.3 is 4.90 Å². The Morgan fingerprint density at radius 3 is 2.36 bits per heavy atom. The molecule has 0 N–H and O–H groups in total. The second-order valence-corrected chi connectivity index (χ2v) is 2.88. The van der Waals surface area contributed by atoms with Crippen molar-refractivity contribution < 1.29 is 4.79 Å². The van der Waals surface area contributed by atoms with Gasteiger partial charge in [0.2, 0.25) is 0 Å². The molecule has 0 aliphatic carbocycles. The molecule has 0 aromatic carbocycles.